The Balaban J connectivity index is 3.24. The monoisotopic (exact) mass is 144 g/mol. The molecule has 0 aromatic carbocycles. The first-order valence-electron chi connectivity index (χ1n) is 4.15. The molecule has 8 heteroatoms. The number of hydrogen-bond acceptors (Lipinski definition) is 0. The van der Waals surface area contributed by atoms with Gasteiger partial charge in [0, 0.05) is 43.7 Å². The fraction of sp³-hybridized carbons (Fsp3) is 1.00. The molecule has 0 aromatic rings. The van der Waals surface area contributed by atoms with Gasteiger partial charge in [-0.05, 0) is 0 Å². The van der Waals surface area contributed by atoms with E-state index in [2.05, 4.69) is 21.0 Å². The zero-order chi connectivity index (χ0) is 9.40. The average Bonchev–Trinajstić information content (AvgIpc) is 2.10. The van der Waals surface area contributed by atoms with Crippen molar-refractivity contribution in [1.29, 1.82) is 0 Å². The van der Waals surface area contributed by atoms with E-state index < -0.39 is 0 Å². The lowest BCUT2D eigenvalue weighted by atomic mass is 8.98. The Morgan fingerprint density at radius 1 is 0.917 bits per heavy atom. The van der Waals surface area contributed by atoms with Crippen molar-refractivity contribution in [3.63, 3.8) is 0 Å². The first-order chi connectivity index (χ1) is 5.72. The summed E-state index contributed by atoms with van der Waals surface area (Å²) >= 11 is 0. The van der Waals surface area contributed by atoms with Crippen LogP contribution in [0.3, 0.4) is 0 Å². The zero-order valence-corrected chi connectivity index (χ0v) is 7.77. The van der Waals surface area contributed by atoms with Crippen molar-refractivity contribution in [3.05, 3.63) is 0 Å². The Morgan fingerprint density at radius 3 is 2.08 bits per heavy atom. The van der Waals surface area contributed by atoms with Gasteiger partial charge in [0.2, 0.25) is 0 Å². The molecule has 0 N–H and O–H groups in total. The first-order valence-corrected chi connectivity index (χ1v) is 4.15. The van der Waals surface area contributed by atoms with E-state index in [4.69, 9.17) is 15.5 Å². The van der Waals surface area contributed by atoms with Crippen molar-refractivity contribution >= 4 is 58.1 Å². The highest BCUT2D eigenvalue weighted by molar-refractivity contribution is 7.57. The van der Waals surface area contributed by atoms with Gasteiger partial charge in [0.1, 0.15) is 0 Å². The van der Waals surface area contributed by atoms with Gasteiger partial charge in [-0.3, -0.25) is 0 Å². The van der Waals surface area contributed by atoms with Crippen LogP contribution in [0.25, 0.3) is 0 Å². The van der Waals surface area contributed by atoms with Gasteiger partial charge in [0.05, 0.1) is 14.3 Å². The molecule has 0 spiro atoms. The lowest BCUT2D eigenvalue weighted by Crippen LogP contribution is -2.26. The van der Waals surface area contributed by atoms with Crippen LogP contribution in [0.15, 0.2) is 0 Å². The fourth-order valence-corrected chi connectivity index (χ4v) is 0.718. The Bertz CT molecular complexity index is 97.1. The second-order valence-corrected chi connectivity index (χ2v) is 2.87. The molecule has 0 nitrogen and oxygen atoms in total. The van der Waals surface area contributed by atoms with Crippen LogP contribution in [0.1, 0.15) is 13.8 Å². The van der Waals surface area contributed by atoms with Gasteiger partial charge in [0.15, 0.2) is 0 Å². The molecule has 0 amide bonds. The van der Waals surface area contributed by atoms with Gasteiger partial charge in [-0.25, -0.2) is 0 Å². The van der Waals surface area contributed by atoms with Gasteiger partial charge in [-0.2, -0.15) is 0 Å². The van der Waals surface area contributed by atoms with Crippen LogP contribution in [0.4, 0.5) is 0 Å². The van der Waals surface area contributed by atoms with E-state index in [9.17, 15) is 0 Å². The van der Waals surface area contributed by atoms with Crippen molar-refractivity contribution in [2.75, 3.05) is 0 Å². The summed E-state index contributed by atoms with van der Waals surface area (Å²) in [6.45, 7) is 4.22. The quantitative estimate of drug-likeness (QED) is 0.305. The maximum Gasteiger partial charge on any atom is 0.0577 e. The minimum atomic E-state index is 0.413. The van der Waals surface area contributed by atoms with Crippen LogP contribution < -0.4 is 0 Å². The van der Waals surface area contributed by atoms with Crippen molar-refractivity contribution < 1.29 is 0 Å². The Kier molecular flexibility index (Phi) is 8.49. The summed E-state index contributed by atoms with van der Waals surface area (Å²) < 4.78 is 0. The van der Waals surface area contributed by atoms with E-state index >= 15 is 0 Å². The summed E-state index contributed by atoms with van der Waals surface area (Å²) in [5.41, 5.74) is 0. The van der Waals surface area contributed by atoms with Gasteiger partial charge in [-0.1, -0.05) is 25.5 Å². The van der Waals surface area contributed by atoms with Crippen molar-refractivity contribution in [1.82, 2.24) is 0 Å². The van der Waals surface area contributed by atoms with Crippen LogP contribution in [-0.4, -0.2) is 58.1 Å². The topological polar surface area (TPSA) is 0 Å². The number of hydrogen-bond donors (Lipinski definition) is 0. The van der Waals surface area contributed by atoms with Gasteiger partial charge in [-0.15, -0.1) is 0 Å². The van der Waals surface area contributed by atoms with Crippen LogP contribution in [0, 0.1) is 0 Å². The average molecular weight is 143 g/mol. The van der Waals surface area contributed by atoms with E-state index in [1.807, 2.05) is 14.1 Å². The standard InChI is InChI=1S/C4H8B8/c1-3(7-5)4(2)8-10-12-11-9-6/h3-4H,1-2H3. The van der Waals surface area contributed by atoms with E-state index in [1.165, 1.54) is 7.06 Å². The van der Waals surface area contributed by atoms with Crippen LogP contribution in [0.2, 0.25) is 11.6 Å². The second-order valence-electron chi connectivity index (χ2n) is 2.87. The molecule has 0 bridgehead atoms. The number of rotatable bonds is 7. The van der Waals surface area contributed by atoms with E-state index in [-0.39, 0.29) is 0 Å². The van der Waals surface area contributed by atoms with Gasteiger partial charge < -0.3 is 0 Å². The lowest BCUT2D eigenvalue weighted by molar-refractivity contribution is 0.869. The molecule has 0 saturated heterocycles. The second kappa shape index (κ2) is 8.13. The zero-order valence-electron chi connectivity index (χ0n) is 7.77. The molecule has 2 unspecified atom stereocenters. The highest BCUT2D eigenvalue weighted by Gasteiger charge is 2.09. The molecule has 0 aromatic heterocycles. The van der Waals surface area contributed by atoms with Crippen molar-refractivity contribution in [2.45, 2.75) is 25.5 Å². The fourth-order valence-electron chi connectivity index (χ4n) is 0.718. The Hall–Kier alpha value is 0.519. The summed E-state index contributed by atoms with van der Waals surface area (Å²) in [5, 5.41) is 0. The molecule has 0 aliphatic rings. The first kappa shape index (κ1) is 12.5. The minimum absolute atomic E-state index is 0.413. The summed E-state index contributed by atoms with van der Waals surface area (Å²) in [6, 6.07) is 0. The smallest absolute Gasteiger partial charge is 0.0577 e. The van der Waals surface area contributed by atoms with Crippen LogP contribution >= 0.6 is 0 Å². The lowest BCUT2D eigenvalue weighted by Gasteiger charge is -2.17. The molecule has 0 rings (SSSR count). The largest absolute Gasteiger partial charge is 0.0861 e. The van der Waals surface area contributed by atoms with E-state index in [0.29, 0.717) is 11.6 Å². The van der Waals surface area contributed by atoms with E-state index in [0.717, 1.165) is 0 Å². The third-order valence-electron chi connectivity index (χ3n) is 1.88. The minimum Gasteiger partial charge on any atom is -0.0861 e. The predicted octanol–water partition coefficient (Wildman–Crippen LogP) is -1.34. The Labute approximate surface area is 84.0 Å². The molecule has 48 valence electrons. The molecular formula is C4H8B8. The third kappa shape index (κ3) is 6.08. The van der Waals surface area contributed by atoms with Gasteiger partial charge in [0.25, 0.3) is 0 Å². The van der Waals surface area contributed by atoms with Crippen molar-refractivity contribution in [2.24, 2.45) is 0 Å². The highest BCUT2D eigenvalue weighted by atomic mass is 13.9. The molecule has 0 heterocycles. The maximum absolute atomic E-state index is 5.40. The maximum atomic E-state index is 5.40. The summed E-state index contributed by atoms with van der Waals surface area (Å²) in [5.74, 6) is 0.883. The highest BCUT2D eigenvalue weighted by Crippen LogP contribution is 2.18. The molecule has 0 aliphatic carbocycles. The third-order valence-corrected chi connectivity index (χ3v) is 1.88. The molecule has 0 aliphatic heterocycles. The predicted molar refractivity (Wildman–Crippen MR) is 64.9 cm³/mol. The summed E-state index contributed by atoms with van der Waals surface area (Å²) in [4.78, 5) is 0. The van der Waals surface area contributed by atoms with E-state index in [1.54, 1.807) is 14.2 Å². The normalized spacial score (nSPS) is 13.8. The Morgan fingerprint density at radius 2 is 1.58 bits per heavy atom. The molecule has 0 fully saturated rings. The molecule has 10 radical (unpaired) electrons. The van der Waals surface area contributed by atoms with Gasteiger partial charge >= 0.3 is 0 Å². The molecule has 2 atom stereocenters. The molecule has 12 heavy (non-hydrogen) atoms. The summed E-state index contributed by atoms with van der Waals surface area (Å²) in [6.07, 6.45) is 0. The molecular weight excluding hydrogens is 135 g/mol. The SMILES string of the molecule is [B][B][B][B][B][B]C(C)C(C)[B][B]. The molecule has 0 saturated carbocycles. The van der Waals surface area contributed by atoms with Crippen LogP contribution in [-0.2, 0) is 0 Å². The summed E-state index contributed by atoms with van der Waals surface area (Å²) in [7, 11) is 21.6. The van der Waals surface area contributed by atoms with Crippen molar-refractivity contribution in [3.8, 4) is 0 Å². The van der Waals surface area contributed by atoms with Crippen LogP contribution in [0.5, 0.6) is 0 Å².